The number of nitrogens with zero attached hydrogens (tertiary/aromatic N) is 1. The molecule has 0 amide bonds. The van der Waals surface area contributed by atoms with Crippen LogP contribution in [0, 0.1) is 0 Å². The Morgan fingerprint density at radius 2 is 1.50 bits per heavy atom. The predicted octanol–water partition coefficient (Wildman–Crippen LogP) is 1.88. The summed E-state index contributed by atoms with van der Waals surface area (Å²) >= 11 is 0. The molecular weight excluding hydrogens is 286 g/mol. The molecule has 0 aliphatic rings. The SMILES string of the molecule is C=C(CCCN(CCC)CCC)C(=O)O.O=S(=O)(O)O. The largest absolute Gasteiger partial charge is 0.478 e. The number of carboxylic acids is 1. The van der Waals surface area contributed by atoms with Gasteiger partial charge in [0.1, 0.15) is 0 Å². The second kappa shape index (κ2) is 11.8. The van der Waals surface area contributed by atoms with E-state index in [4.69, 9.17) is 22.6 Å². The fourth-order valence-electron chi connectivity index (χ4n) is 1.59. The van der Waals surface area contributed by atoms with Gasteiger partial charge in [-0.15, -0.1) is 0 Å². The third kappa shape index (κ3) is 19.4. The van der Waals surface area contributed by atoms with Gasteiger partial charge in [-0.1, -0.05) is 20.4 Å². The van der Waals surface area contributed by atoms with Crippen LogP contribution >= 0.6 is 0 Å². The normalized spacial score (nSPS) is 10.8. The van der Waals surface area contributed by atoms with Crippen molar-refractivity contribution in [1.29, 1.82) is 0 Å². The Morgan fingerprint density at radius 1 is 1.10 bits per heavy atom. The summed E-state index contributed by atoms with van der Waals surface area (Å²) in [7, 11) is -4.67. The summed E-state index contributed by atoms with van der Waals surface area (Å²) < 4.78 is 31.6. The molecule has 0 rings (SSSR count). The van der Waals surface area contributed by atoms with Crippen LogP contribution in [0.1, 0.15) is 39.5 Å². The molecule has 0 aliphatic carbocycles. The number of carboxylic acid groups (broad SMARTS) is 1. The van der Waals surface area contributed by atoms with Crippen molar-refractivity contribution in [3.8, 4) is 0 Å². The smallest absolute Gasteiger partial charge is 0.394 e. The average molecular weight is 311 g/mol. The fourth-order valence-corrected chi connectivity index (χ4v) is 1.59. The van der Waals surface area contributed by atoms with Crippen molar-refractivity contribution >= 4 is 16.4 Å². The van der Waals surface area contributed by atoms with Gasteiger partial charge in [-0.3, -0.25) is 9.11 Å². The second-order valence-corrected chi connectivity index (χ2v) is 5.20. The van der Waals surface area contributed by atoms with Gasteiger partial charge in [0.25, 0.3) is 0 Å². The van der Waals surface area contributed by atoms with E-state index in [1.54, 1.807) is 0 Å². The van der Waals surface area contributed by atoms with Gasteiger partial charge in [-0.2, -0.15) is 8.42 Å². The minimum absolute atomic E-state index is 0.322. The van der Waals surface area contributed by atoms with Gasteiger partial charge in [0.2, 0.25) is 0 Å². The van der Waals surface area contributed by atoms with Gasteiger partial charge in [0.15, 0.2) is 0 Å². The molecule has 0 atom stereocenters. The first kappa shape index (κ1) is 21.3. The van der Waals surface area contributed by atoms with E-state index >= 15 is 0 Å². The summed E-state index contributed by atoms with van der Waals surface area (Å²) in [4.78, 5) is 12.9. The third-order valence-corrected chi connectivity index (χ3v) is 2.34. The minimum Gasteiger partial charge on any atom is -0.478 e. The molecule has 20 heavy (non-hydrogen) atoms. The van der Waals surface area contributed by atoms with Crippen molar-refractivity contribution in [1.82, 2.24) is 4.90 Å². The lowest BCUT2D eigenvalue weighted by Crippen LogP contribution is -2.26. The zero-order valence-electron chi connectivity index (χ0n) is 12.1. The monoisotopic (exact) mass is 311 g/mol. The van der Waals surface area contributed by atoms with Crippen molar-refractivity contribution in [2.45, 2.75) is 39.5 Å². The molecule has 0 aromatic heterocycles. The Morgan fingerprint density at radius 3 is 1.80 bits per heavy atom. The molecule has 120 valence electrons. The number of aliphatic carboxylic acids is 1. The second-order valence-electron chi connectivity index (χ2n) is 4.30. The molecule has 0 aromatic carbocycles. The Bertz CT molecular complexity index is 365. The highest BCUT2D eigenvalue weighted by atomic mass is 32.3. The fraction of sp³-hybridized carbons (Fsp3) is 0.750. The van der Waals surface area contributed by atoms with Crippen LogP contribution < -0.4 is 0 Å². The molecule has 0 aromatic rings. The van der Waals surface area contributed by atoms with Crippen LogP contribution in [-0.4, -0.2) is 53.1 Å². The predicted molar refractivity (Wildman–Crippen MR) is 77.2 cm³/mol. The van der Waals surface area contributed by atoms with E-state index in [-0.39, 0.29) is 0 Å². The number of hydrogen-bond donors (Lipinski definition) is 3. The van der Waals surface area contributed by atoms with Crippen molar-refractivity contribution in [2.24, 2.45) is 0 Å². The maximum absolute atomic E-state index is 10.5. The Kier molecular flexibility index (Phi) is 12.6. The van der Waals surface area contributed by atoms with E-state index in [2.05, 4.69) is 25.3 Å². The van der Waals surface area contributed by atoms with Gasteiger partial charge < -0.3 is 10.0 Å². The Balaban J connectivity index is 0. The van der Waals surface area contributed by atoms with E-state index in [1.807, 2.05) is 0 Å². The first-order valence-electron chi connectivity index (χ1n) is 6.45. The van der Waals surface area contributed by atoms with Crippen molar-refractivity contribution in [3.05, 3.63) is 12.2 Å². The molecule has 3 N–H and O–H groups in total. The molecule has 0 heterocycles. The standard InChI is InChI=1S/C12H23NO2.H2O4S/c1-4-8-13(9-5-2)10-6-7-11(3)12(14)15;1-5(2,3)4/h3-10H2,1-2H3,(H,14,15);(H2,1,2,3,4). The minimum atomic E-state index is -4.67. The van der Waals surface area contributed by atoms with Crippen LogP contribution in [0.2, 0.25) is 0 Å². The van der Waals surface area contributed by atoms with Gasteiger partial charge in [-0.25, -0.2) is 4.79 Å². The van der Waals surface area contributed by atoms with E-state index in [0.29, 0.717) is 12.0 Å². The third-order valence-electron chi connectivity index (χ3n) is 2.34. The molecule has 0 bridgehead atoms. The zero-order chi connectivity index (χ0) is 16.2. The lowest BCUT2D eigenvalue weighted by atomic mass is 10.1. The van der Waals surface area contributed by atoms with Crippen molar-refractivity contribution in [2.75, 3.05) is 19.6 Å². The quantitative estimate of drug-likeness (QED) is 0.440. The van der Waals surface area contributed by atoms with E-state index < -0.39 is 16.4 Å². The lowest BCUT2D eigenvalue weighted by molar-refractivity contribution is -0.132. The molecule has 0 radical (unpaired) electrons. The molecule has 0 unspecified atom stereocenters. The van der Waals surface area contributed by atoms with Crippen molar-refractivity contribution in [3.63, 3.8) is 0 Å². The maximum atomic E-state index is 10.5. The Hall–Kier alpha value is -0.960. The summed E-state index contributed by atoms with van der Waals surface area (Å²) in [6.07, 6.45) is 3.80. The molecule has 8 heteroatoms. The molecule has 0 fully saturated rings. The van der Waals surface area contributed by atoms with E-state index in [1.165, 1.54) is 0 Å². The highest BCUT2D eigenvalue weighted by Gasteiger charge is 2.06. The van der Waals surface area contributed by atoms with Crippen LogP contribution in [0.5, 0.6) is 0 Å². The summed E-state index contributed by atoms with van der Waals surface area (Å²) in [6.45, 7) is 11.0. The van der Waals surface area contributed by atoms with Gasteiger partial charge >= 0.3 is 16.4 Å². The van der Waals surface area contributed by atoms with Crippen LogP contribution in [0.3, 0.4) is 0 Å². The first-order chi connectivity index (χ1) is 9.11. The molecule has 0 aliphatic heterocycles. The van der Waals surface area contributed by atoms with Crippen molar-refractivity contribution < 1.29 is 27.4 Å². The van der Waals surface area contributed by atoms with Gasteiger partial charge in [-0.05, 0) is 45.3 Å². The maximum Gasteiger partial charge on any atom is 0.394 e. The summed E-state index contributed by atoms with van der Waals surface area (Å²) in [5.41, 5.74) is 0.322. The lowest BCUT2D eigenvalue weighted by Gasteiger charge is -2.20. The Labute approximate surface area is 120 Å². The van der Waals surface area contributed by atoms with Crippen LogP contribution in [0.4, 0.5) is 0 Å². The summed E-state index contributed by atoms with van der Waals surface area (Å²) in [6, 6.07) is 0. The molecular formula is C12H25NO6S. The molecule has 0 saturated carbocycles. The number of hydrogen-bond acceptors (Lipinski definition) is 4. The van der Waals surface area contributed by atoms with E-state index in [0.717, 1.165) is 38.9 Å². The number of rotatable bonds is 9. The van der Waals surface area contributed by atoms with Crippen LogP contribution in [0.25, 0.3) is 0 Å². The average Bonchev–Trinajstić information content (AvgIpc) is 2.27. The number of carbonyl (C=O) groups is 1. The highest BCUT2D eigenvalue weighted by Crippen LogP contribution is 2.05. The van der Waals surface area contributed by atoms with Crippen LogP contribution in [-0.2, 0) is 15.2 Å². The van der Waals surface area contributed by atoms with E-state index in [9.17, 15) is 4.79 Å². The zero-order valence-corrected chi connectivity index (χ0v) is 12.9. The first-order valence-corrected chi connectivity index (χ1v) is 7.84. The molecule has 7 nitrogen and oxygen atoms in total. The highest BCUT2D eigenvalue weighted by molar-refractivity contribution is 7.79. The topological polar surface area (TPSA) is 115 Å². The van der Waals surface area contributed by atoms with Gasteiger partial charge in [0, 0.05) is 5.57 Å². The summed E-state index contributed by atoms with van der Waals surface area (Å²) in [5.74, 6) is -0.868. The summed E-state index contributed by atoms with van der Waals surface area (Å²) in [5, 5.41) is 8.64. The van der Waals surface area contributed by atoms with Gasteiger partial charge in [0.05, 0.1) is 0 Å². The molecule has 0 spiro atoms. The molecule has 0 saturated heterocycles. The van der Waals surface area contributed by atoms with Crippen LogP contribution in [0.15, 0.2) is 12.2 Å².